The van der Waals surface area contributed by atoms with Crippen LogP contribution in [0.4, 0.5) is 0 Å². The summed E-state index contributed by atoms with van der Waals surface area (Å²) in [6.07, 6.45) is 0.829. The molecule has 0 radical (unpaired) electrons. The molecule has 0 saturated carbocycles. The van der Waals surface area contributed by atoms with Crippen LogP contribution in [0.25, 0.3) is 0 Å². The van der Waals surface area contributed by atoms with E-state index in [0.29, 0.717) is 12.5 Å². The number of oxime groups is 1. The molecule has 2 N–H and O–H groups in total. The molecule has 13 heavy (non-hydrogen) atoms. The fourth-order valence-corrected chi connectivity index (χ4v) is 0.677. The summed E-state index contributed by atoms with van der Waals surface area (Å²) in [7, 11) is 0. The van der Waals surface area contributed by atoms with Crippen LogP contribution < -0.4 is 5.32 Å². The second kappa shape index (κ2) is 6.00. The van der Waals surface area contributed by atoms with Gasteiger partial charge in [-0.15, -0.1) is 0 Å². The molecule has 5 nitrogen and oxygen atoms in total. The van der Waals surface area contributed by atoms with E-state index in [2.05, 4.69) is 10.5 Å². The van der Waals surface area contributed by atoms with Crippen LogP contribution in [0.2, 0.25) is 0 Å². The van der Waals surface area contributed by atoms with Crippen molar-refractivity contribution in [3.63, 3.8) is 0 Å². The van der Waals surface area contributed by atoms with Gasteiger partial charge in [0.25, 0.3) is 5.91 Å². The number of hydrogen-bond donors (Lipinski definition) is 2. The first-order valence-corrected chi connectivity index (χ1v) is 4.02. The average Bonchev–Trinajstić information content (AvgIpc) is 2.05. The molecule has 0 heterocycles. The van der Waals surface area contributed by atoms with Gasteiger partial charge in [-0.05, 0) is 12.3 Å². The summed E-state index contributed by atoms with van der Waals surface area (Å²) in [4.78, 5) is 11.0. The quantitative estimate of drug-likeness (QED) is 0.378. The first-order valence-electron chi connectivity index (χ1n) is 4.02. The number of nitrogens with zero attached hydrogens (tertiary/aromatic N) is 2. The van der Waals surface area contributed by atoms with Gasteiger partial charge in [0, 0.05) is 6.54 Å². The summed E-state index contributed by atoms with van der Waals surface area (Å²) in [6.45, 7) is 4.53. The zero-order valence-electron chi connectivity index (χ0n) is 7.74. The van der Waals surface area contributed by atoms with E-state index in [-0.39, 0.29) is 0 Å². The van der Waals surface area contributed by atoms with E-state index < -0.39 is 11.6 Å². The minimum atomic E-state index is -0.634. The van der Waals surface area contributed by atoms with Gasteiger partial charge in [-0.25, -0.2) is 0 Å². The number of rotatable bonds is 4. The molecule has 1 amide bonds. The topological polar surface area (TPSA) is 85.5 Å². The van der Waals surface area contributed by atoms with Gasteiger partial charge < -0.3 is 10.5 Å². The van der Waals surface area contributed by atoms with E-state index in [1.54, 1.807) is 0 Å². The fourth-order valence-electron chi connectivity index (χ4n) is 0.677. The summed E-state index contributed by atoms with van der Waals surface area (Å²) < 4.78 is 0. The third-order valence-electron chi connectivity index (χ3n) is 1.43. The number of nitrogens with one attached hydrogen (secondary N) is 1. The van der Waals surface area contributed by atoms with E-state index >= 15 is 0 Å². The van der Waals surface area contributed by atoms with Crippen LogP contribution in [0.5, 0.6) is 0 Å². The maximum absolute atomic E-state index is 11.0. The monoisotopic (exact) mass is 183 g/mol. The third kappa shape index (κ3) is 4.80. The molecule has 0 aromatic carbocycles. The van der Waals surface area contributed by atoms with Gasteiger partial charge >= 0.3 is 0 Å². The maximum atomic E-state index is 11.0. The number of carbonyl (C=O) groups is 1. The van der Waals surface area contributed by atoms with Crippen LogP contribution in [0.15, 0.2) is 5.16 Å². The van der Waals surface area contributed by atoms with Crippen LogP contribution in [-0.2, 0) is 4.79 Å². The molecule has 0 atom stereocenters. The molecule has 0 bridgehead atoms. The van der Waals surface area contributed by atoms with Crippen molar-refractivity contribution in [3.05, 3.63) is 0 Å². The molecule has 5 heteroatoms. The largest absolute Gasteiger partial charge is 0.410 e. The summed E-state index contributed by atoms with van der Waals surface area (Å²) in [5, 5.41) is 21.5. The lowest BCUT2D eigenvalue weighted by atomic mass is 10.1. The molecule has 0 rings (SSSR count). The van der Waals surface area contributed by atoms with Gasteiger partial charge in [-0.3, -0.25) is 4.79 Å². The lowest BCUT2D eigenvalue weighted by Gasteiger charge is -2.04. The SMILES string of the molecule is CC(C)CCNC(=O)/C(C#N)=N/O. The third-order valence-corrected chi connectivity index (χ3v) is 1.43. The molecule has 0 saturated heterocycles. The van der Waals surface area contributed by atoms with Crippen LogP contribution in [0, 0.1) is 17.2 Å². The summed E-state index contributed by atoms with van der Waals surface area (Å²) in [6, 6.07) is 1.48. The van der Waals surface area contributed by atoms with Crippen molar-refractivity contribution in [2.24, 2.45) is 11.1 Å². The summed E-state index contributed by atoms with van der Waals surface area (Å²) in [5.41, 5.74) is -0.510. The number of hydrogen-bond acceptors (Lipinski definition) is 4. The van der Waals surface area contributed by atoms with Crippen LogP contribution >= 0.6 is 0 Å². The van der Waals surface area contributed by atoms with E-state index in [4.69, 9.17) is 10.5 Å². The highest BCUT2D eigenvalue weighted by atomic mass is 16.4. The molecule has 0 fully saturated rings. The predicted molar refractivity (Wildman–Crippen MR) is 47.3 cm³/mol. The maximum Gasteiger partial charge on any atom is 0.284 e. The Bertz CT molecular complexity index is 240. The number of amides is 1. The van der Waals surface area contributed by atoms with Crippen molar-refractivity contribution in [3.8, 4) is 6.07 Å². The Hall–Kier alpha value is -1.57. The van der Waals surface area contributed by atoms with Gasteiger partial charge in [-0.2, -0.15) is 5.26 Å². The predicted octanol–water partition coefficient (Wildman–Crippen LogP) is 0.502. The molecule has 0 spiro atoms. The minimum absolute atomic E-state index is 0.483. The molecule has 0 aliphatic rings. The van der Waals surface area contributed by atoms with Gasteiger partial charge in [0.05, 0.1) is 0 Å². The lowest BCUT2D eigenvalue weighted by molar-refractivity contribution is -0.114. The van der Waals surface area contributed by atoms with Crippen LogP contribution in [-0.4, -0.2) is 23.4 Å². The summed E-state index contributed by atoms with van der Waals surface area (Å²) in [5.74, 6) is -0.150. The molecule has 0 aromatic heterocycles. The highest BCUT2D eigenvalue weighted by Crippen LogP contribution is 1.96. The normalized spacial score (nSPS) is 11.1. The summed E-state index contributed by atoms with van der Waals surface area (Å²) >= 11 is 0. The first-order chi connectivity index (χ1) is 6.11. The van der Waals surface area contributed by atoms with Crippen molar-refractivity contribution in [2.45, 2.75) is 20.3 Å². The van der Waals surface area contributed by atoms with Gasteiger partial charge in [0.15, 0.2) is 0 Å². The van der Waals surface area contributed by atoms with Crippen molar-refractivity contribution < 1.29 is 10.0 Å². The van der Waals surface area contributed by atoms with E-state index in [0.717, 1.165) is 6.42 Å². The van der Waals surface area contributed by atoms with Gasteiger partial charge in [0.2, 0.25) is 5.71 Å². The molecular weight excluding hydrogens is 170 g/mol. The van der Waals surface area contributed by atoms with Crippen molar-refractivity contribution >= 4 is 11.6 Å². The van der Waals surface area contributed by atoms with Gasteiger partial charge in [-0.1, -0.05) is 19.0 Å². The molecule has 0 unspecified atom stereocenters. The zero-order chi connectivity index (χ0) is 10.3. The molecule has 0 aliphatic heterocycles. The van der Waals surface area contributed by atoms with Crippen LogP contribution in [0.3, 0.4) is 0 Å². The van der Waals surface area contributed by atoms with E-state index in [1.165, 1.54) is 6.07 Å². The number of carbonyl (C=O) groups excluding carboxylic acids is 1. The Morgan fingerprint density at radius 2 is 2.31 bits per heavy atom. The first kappa shape index (κ1) is 11.4. The minimum Gasteiger partial charge on any atom is -0.410 e. The van der Waals surface area contributed by atoms with Crippen LogP contribution in [0.1, 0.15) is 20.3 Å². The molecule has 72 valence electrons. The van der Waals surface area contributed by atoms with E-state index in [9.17, 15) is 4.79 Å². The Labute approximate surface area is 77.0 Å². The standard InChI is InChI=1S/C8H13N3O2/c1-6(2)3-4-10-8(12)7(5-9)11-13/h6,13H,3-4H2,1-2H3,(H,10,12)/b11-7+. The second-order valence-electron chi connectivity index (χ2n) is 3.00. The Morgan fingerprint density at radius 3 is 2.69 bits per heavy atom. The fraction of sp³-hybridized carbons (Fsp3) is 0.625. The lowest BCUT2D eigenvalue weighted by Crippen LogP contribution is -2.31. The molecule has 0 aliphatic carbocycles. The Morgan fingerprint density at radius 1 is 1.69 bits per heavy atom. The Kier molecular flexibility index (Phi) is 5.28. The van der Waals surface area contributed by atoms with Crippen molar-refractivity contribution in [2.75, 3.05) is 6.54 Å². The molecular formula is C8H13N3O2. The second-order valence-corrected chi connectivity index (χ2v) is 3.00. The smallest absolute Gasteiger partial charge is 0.284 e. The number of nitriles is 1. The average molecular weight is 183 g/mol. The molecule has 0 aromatic rings. The van der Waals surface area contributed by atoms with Crippen molar-refractivity contribution in [1.29, 1.82) is 5.26 Å². The highest BCUT2D eigenvalue weighted by Gasteiger charge is 2.09. The highest BCUT2D eigenvalue weighted by molar-refractivity contribution is 6.44. The zero-order valence-corrected chi connectivity index (χ0v) is 7.74. The Balaban J connectivity index is 3.83. The van der Waals surface area contributed by atoms with E-state index in [1.807, 2.05) is 13.8 Å². The van der Waals surface area contributed by atoms with Crippen molar-refractivity contribution in [1.82, 2.24) is 5.32 Å². The van der Waals surface area contributed by atoms with Gasteiger partial charge in [0.1, 0.15) is 6.07 Å².